The first-order valence-electron chi connectivity index (χ1n) is 10.8. The quantitative estimate of drug-likeness (QED) is 0.293. The minimum absolute atomic E-state index is 0. The molecule has 4 rings (SSSR count). The molecule has 2 aromatic carbocycles. The first-order chi connectivity index (χ1) is 15.3. The molecule has 0 spiro atoms. The summed E-state index contributed by atoms with van der Waals surface area (Å²) in [4.78, 5) is 11.6. The van der Waals surface area contributed by atoms with E-state index in [1.54, 1.807) is 25.1 Å². The van der Waals surface area contributed by atoms with Crippen LogP contribution in [-0.4, -0.2) is 33.8 Å². The van der Waals surface area contributed by atoms with Crippen molar-refractivity contribution in [2.75, 3.05) is 5.73 Å². The molecule has 0 saturated heterocycles. The van der Waals surface area contributed by atoms with Gasteiger partial charge in [-0.25, -0.2) is 4.39 Å². The maximum absolute atomic E-state index is 14.1. The normalized spacial score (nSPS) is 16.6. The molecule has 0 heterocycles. The van der Waals surface area contributed by atoms with Crippen LogP contribution >= 0.6 is 28.3 Å². The van der Waals surface area contributed by atoms with Gasteiger partial charge in [0.25, 0.3) is 0 Å². The summed E-state index contributed by atoms with van der Waals surface area (Å²) in [7, 11) is -1.43. The van der Waals surface area contributed by atoms with Crippen molar-refractivity contribution in [2.24, 2.45) is 11.7 Å². The standard InChI is InChI=1S/C17H19BrFNO2.C7H10BNO2.ClH/c1-17(2,22)9-3-4-10-8(5-9)6-11-12(16(20)21)7-13(19)15(18)14(10)11;1-5-6(8(10)11)3-2-4-7(5)9;/h7,9,22H,3-6H2,1-2H3,(H2,20,21);2-4,10-11H,9H2,1H3;1H/t9-;;/m0../s1. The predicted octanol–water partition coefficient (Wildman–Crippen LogP) is 3.25. The molecule has 1 amide bonds. The second-order valence-electron chi connectivity index (χ2n) is 9.23. The van der Waals surface area contributed by atoms with E-state index in [2.05, 4.69) is 15.9 Å². The van der Waals surface area contributed by atoms with E-state index in [4.69, 9.17) is 21.5 Å². The molecule has 0 aromatic heterocycles. The molecule has 0 bridgehead atoms. The fourth-order valence-electron chi connectivity index (χ4n) is 4.65. The van der Waals surface area contributed by atoms with E-state index in [-0.39, 0.29) is 23.9 Å². The molecular weight excluding hydrogens is 525 g/mol. The Morgan fingerprint density at radius 3 is 2.47 bits per heavy atom. The summed E-state index contributed by atoms with van der Waals surface area (Å²) in [5.41, 5.74) is 16.2. The summed E-state index contributed by atoms with van der Waals surface area (Å²) in [5.74, 6) is -0.867. The lowest BCUT2D eigenvalue weighted by Gasteiger charge is -2.33. The zero-order chi connectivity index (χ0) is 24.7. The molecule has 0 radical (unpaired) electrons. The predicted molar refractivity (Wildman–Crippen MR) is 140 cm³/mol. The van der Waals surface area contributed by atoms with Crippen molar-refractivity contribution < 1.29 is 24.3 Å². The number of rotatable bonds is 3. The molecule has 0 unspecified atom stereocenters. The molecule has 0 fully saturated rings. The molecule has 34 heavy (non-hydrogen) atoms. The lowest BCUT2D eigenvalue weighted by Crippen LogP contribution is -2.32. The van der Waals surface area contributed by atoms with Crippen LogP contribution in [0.25, 0.3) is 5.57 Å². The van der Waals surface area contributed by atoms with Crippen molar-refractivity contribution >= 4 is 58.1 Å². The third-order valence-electron chi connectivity index (χ3n) is 6.64. The Kier molecular flexibility index (Phi) is 8.99. The SMILES string of the molecule is CC(C)(O)[C@H]1CCC2=C(Cc3c(C(N)=O)cc(F)c(Br)c32)C1.Cc1c(N)cccc1B(O)O.Cl. The minimum atomic E-state index is -1.43. The number of primary amides is 1. The molecule has 7 N–H and O–H groups in total. The number of halogens is 3. The van der Waals surface area contributed by atoms with E-state index in [9.17, 15) is 14.3 Å². The van der Waals surface area contributed by atoms with Crippen LogP contribution in [0.4, 0.5) is 10.1 Å². The summed E-state index contributed by atoms with van der Waals surface area (Å²) in [5, 5.41) is 27.9. The molecule has 2 aromatic rings. The highest BCUT2D eigenvalue weighted by Crippen LogP contribution is 2.49. The van der Waals surface area contributed by atoms with E-state index in [1.807, 2.05) is 13.8 Å². The van der Waals surface area contributed by atoms with Crippen LogP contribution in [0, 0.1) is 18.7 Å². The number of fused-ring (bicyclic) bond motifs is 2. The van der Waals surface area contributed by atoms with E-state index >= 15 is 0 Å². The van der Waals surface area contributed by atoms with Crippen LogP contribution in [0.2, 0.25) is 0 Å². The molecule has 1 atom stereocenters. The maximum Gasteiger partial charge on any atom is 0.488 e. The minimum Gasteiger partial charge on any atom is -0.423 e. The van der Waals surface area contributed by atoms with E-state index in [0.29, 0.717) is 22.0 Å². The first-order valence-corrected chi connectivity index (χ1v) is 11.6. The molecule has 0 saturated carbocycles. The number of allylic oxidation sites excluding steroid dienone is 2. The number of nitrogen functional groups attached to an aromatic ring is 1. The highest BCUT2D eigenvalue weighted by atomic mass is 79.9. The van der Waals surface area contributed by atoms with Gasteiger partial charge >= 0.3 is 7.12 Å². The summed E-state index contributed by atoms with van der Waals surface area (Å²) in [6.45, 7) is 5.41. The van der Waals surface area contributed by atoms with Crippen molar-refractivity contribution in [1.29, 1.82) is 0 Å². The number of hydrogen-bond donors (Lipinski definition) is 5. The Hall–Kier alpha value is -1.91. The van der Waals surface area contributed by atoms with Gasteiger partial charge in [-0.15, -0.1) is 12.4 Å². The molecule has 184 valence electrons. The van der Waals surface area contributed by atoms with Crippen LogP contribution < -0.4 is 16.9 Å². The van der Waals surface area contributed by atoms with Gasteiger partial charge in [0, 0.05) is 11.3 Å². The first kappa shape index (κ1) is 28.3. The van der Waals surface area contributed by atoms with Gasteiger partial charge in [0.1, 0.15) is 5.82 Å². The average molecular weight is 556 g/mol. The molecule has 2 aliphatic rings. The second kappa shape index (κ2) is 10.8. The topological polar surface area (TPSA) is 130 Å². The van der Waals surface area contributed by atoms with Gasteiger partial charge in [0.2, 0.25) is 5.91 Å². The van der Waals surface area contributed by atoms with Crippen molar-refractivity contribution in [3.8, 4) is 0 Å². The number of carbonyl (C=O) groups is 1. The van der Waals surface area contributed by atoms with Gasteiger partial charge in [0.05, 0.1) is 10.1 Å². The number of amides is 1. The monoisotopic (exact) mass is 554 g/mol. The summed E-state index contributed by atoms with van der Waals surface area (Å²) in [6.07, 6.45) is 3.04. The summed E-state index contributed by atoms with van der Waals surface area (Å²) >= 11 is 3.32. The molecule has 2 aliphatic carbocycles. The van der Waals surface area contributed by atoms with Crippen molar-refractivity contribution in [2.45, 2.75) is 52.1 Å². The van der Waals surface area contributed by atoms with E-state index in [0.717, 1.165) is 41.5 Å². The van der Waals surface area contributed by atoms with Gasteiger partial charge in [-0.1, -0.05) is 17.7 Å². The van der Waals surface area contributed by atoms with Gasteiger partial charge in [-0.2, -0.15) is 0 Å². The smallest absolute Gasteiger partial charge is 0.423 e. The number of carbonyl (C=O) groups excluding carboxylic acids is 1. The van der Waals surface area contributed by atoms with Crippen LogP contribution in [0.1, 0.15) is 60.2 Å². The summed E-state index contributed by atoms with van der Waals surface area (Å²) in [6, 6.07) is 6.27. The lowest BCUT2D eigenvalue weighted by molar-refractivity contribution is 0.0123. The van der Waals surface area contributed by atoms with Gasteiger partial charge in [-0.05, 0) is 108 Å². The van der Waals surface area contributed by atoms with Gasteiger partial charge in [-0.3, -0.25) is 4.79 Å². The molecular formula is C24H30BBrClFN2O4. The molecule has 10 heteroatoms. The maximum atomic E-state index is 14.1. The third-order valence-corrected chi connectivity index (χ3v) is 7.42. The number of hydrogen-bond acceptors (Lipinski definition) is 5. The lowest BCUT2D eigenvalue weighted by atomic mass is 9.76. The van der Waals surface area contributed by atoms with Crippen molar-refractivity contribution in [1.82, 2.24) is 0 Å². The number of anilines is 1. The van der Waals surface area contributed by atoms with Crippen LogP contribution in [0.3, 0.4) is 0 Å². The van der Waals surface area contributed by atoms with E-state index < -0.39 is 24.4 Å². The number of aliphatic hydroxyl groups is 1. The molecule has 6 nitrogen and oxygen atoms in total. The second-order valence-corrected chi connectivity index (χ2v) is 10.0. The van der Waals surface area contributed by atoms with Crippen LogP contribution in [-0.2, 0) is 6.42 Å². The Morgan fingerprint density at radius 1 is 1.29 bits per heavy atom. The number of nitrogens with two attached hydrogens (primary N) is 2. The fraction of sp³-hybridized carbons (Fsp3) is 0.375. The van der Waals surface area contributed by atoms with Gasteiger partial charge < -0.3 is 26.6 Å². The van der Waals surface area contributed by atoms with E-state index in [1.165, 1.54) is 11.6 Å². The summed E-state index contributed by atoms with van der Waals surface area (Å²) < 4.78 is 14.5. The average Bonchev–Trinajstić information content (AvgIpc) is 3.11. The van der Waals surface area contributed by atoms with Gasteiger partial charge in [0.15, 0.2) is 0 Å². The van der Waals surface area contributed by atoms with Crippen LogP contribution in [0.5, 0.6) is 0 Å². The zero-order valence-electron chi connectivity index (χ0n) is 19.4. The highest BCUT2D eigenvalue weighted by molar-refractivity contribution is 9.10. The third kappa shape index (κ3) is 5.66. The Bertz CT molecular complexity index is 1130. The van der Waals surface area contributed by atoms with Crippen LogP contribution in [0.15, 0.2) is 34.3 Å². The highest BCUT2D eigenvalue weighted by Gasteiger charge is 2.37. The number of benzene rings is 2. The fourth-order valence-corrected chi connectivity index (χ4v) is 5.24. The zero-order valence-corrected chi connectivity index (χ0v) is 21.8. The Balaban J connectivity index is 0.000000289. The van der Waals surface area contributed by atoms with Crippen molar-refractivity contribution in [3.05, 3.63) is 62.4 Å². The Morgan fingerprint density at radius 2 is 1.94 bits per heavy atom. The van der Waals surface area contributed by atoms with Crippen molar-refractivity contribution in [3.63, 3.8) is 0 Å². The largest absolute Gasteiger partial charge is 0.488 e. The molecule has 0 aliphatic heterocycles. The Labute approximate surface area is 213 Å².